The van der Waals surface area contributed by atoms with Crippen molar-refractivity contribution in [3.05, 3.63) is 92.2 Å². The zero-order valence-corrected chi connectivity index (χ0v) is 20.7. The Kier molecular flexibility index (Phi) is 7.70. The molecule has 0 unspecified atom stereocenters. The van der Waals surface area contributed by atoms with Crippen LogP contribution in [0.4, 0.5) is 5.13 Å². The van der Waals surface area contributed by atoms with E-state index in [1.54, 1.807) is 54.7 Å². The number of carbonyl (C=O) groups excluding carboxylic acids is 1. The van der Waals surface area contributed by atoms with Crippen molar-refractivity contribution in [1.29, 1.82) is 0 Å². The van der Waals surface area contributed by atoms with Gasteiger partial charge in [0.25, 0.3) is 0 Å². The third-order valence-electron chi connectivity index (χ3n) is 4.54. The maximum absolute atomic E-state index is 12.4. The highest BCUT2D eigenvalue weighted by Crippen LogP contribution is 2.32. The summed E-state index contributed by atoms with van der Waals surface area (Å²) in [7, 11) is 1.49. The molecule has 0 bridgehead atoms. The largest absolute Gasteiger partial charge is 0.493 e. The van der Waals surface area contributed by atoms with Crippen molar-refractivity contribution >= 4 is 63.5 Å². The highest BCUT2D eigenvalue weighted by Gasteiger charge is 2.13. The standard InChI is InChI=1S/C24H16Cl3N3O3S/c1-32-22-9-14(5-8-21(22)33-23(31)15-3-2-4-16(25)10-15)12-28-30-24-29-20(13-34-24)18-7-6-17(26)11-19(18)27/h2-13H,1H3,(H,29,30). The van der Waals surface area contributed by atoms with Crippen LogP contribution in [-0.4, -0.2) is 24.3 Å². The number of anilines is 1. The minimum absolute atomic E-state index is 0.280. The summed E-state index contributed by atoms with van der Waals surface area (Å²) in [5, 5.41) is 8.22. The van der Waals surface area contributed by atoms with Gasteiger partial charge in [-0.15, -0.1) is 11.3 Å². The average molecular weight is 533 g/mol. The molecular formula is C24H16Cl3N3O3S. The molecule has 34 heavy (non-hydrogen) atoms. The Hall–Kier alpha value is -3.10. The number of nitrogens with zero attached hydrogens (tertiary/aromatic N) is 2. The molecule has 3 aromatic carbocycles. The monoisotopic (exact) mass is 531 g/mol. The van der Waals surface area contributed by atoms with Gasteiger partial charge in [-0.2, -0.15) is 5.10 Å². The fourth-order valence-electron chi connectivity index (χ4n) is 2.93. The molecule has 1 heterocycles. The first-order valence-electron chi connectivity index (χ1n) is 9.79. The molecule has 4 aromatic rings. The van der Waals surface area contributed by atoms with Gasteiger partial charge >= 0.3 is 5.97 Å². The summed E-state index contributed by atoms with van der Waals surface area (Å²) in [5.74, 6) is 0.125. The summed E-state index contributed by atoms with van der Waals surface area (Å²) in [4.78, 5) is 16.9. The lowest BCUT2D eigenvalue weighted by atomic mass is 10.2. The first-order valence-corrected chi connectivity index (χ1v) is 11.8. The van der Waals surface area contributed by atoms with E-state index in [1.165, 1.54) is 24.5 Å². The van der Waals surface area contributed by atoms with E-state index >= 15 is 0 Å². The first kappa shape index (κ1) is 24.0. The molecule has 0 aliphatic heterocycles. The number of hydrogen-bond acceptors (Lipinski definition) is 7. The van der Waals surface area contributed by atoms with Gasteiger partial charge in [0, 0.05) is 21.0 Å². The van der Waals surface area contributed by atoms with E-state index in [9.17, 15) is 4.79 Å². The number of nitrogens with one attached hydrogen (secondary N) is 1. The highest BCUT2D eigenvalue weighted by atomic mass is 35.5. The molecule has 6 nitrogen and oxygen atoms in total. The quantitative estimate of drug-likeness (QED) is 0.116. The minimum atomic E-state index is -0.538. The minimum Gasteiger partial charge on any atom is -0.493 e. The predicted molar refractivity (Wildman–Crippen MR) is 138 cm³/mol. The van der Waals surface area contributed by atoms with Crippen LogP contribution >= 0.6 is 46.1 Å². The number of carbonyl (C=O) groups is 1. The molecule has 0 fully saturated rings. The molecule has 1 aromatic heterocycles. The van der Waals surface area contributed by atoms with Crippen LogP contribution in [-0.2, 0) is 0 Å². The van der Waals surface area contributed by atoms with Gasteiger partial charge in [0.15, 0.2) is 11.5 Å². The Balaban J connectivity index is 1.43. The summed E-state index contributed by atoms with van der Waals surface area (Å²) in [6, 6.07) is 16.8. The van der Waals surface area contributed by atoms with Crippen LogP contribution in [0.25, 0.3) is 11.3 Å². The molecule has 1 N–H and O–H groups in total. The maximum Gasteiger partial charge on any atom is 0.343 e. The lowest BCUT2D eigenvalue weighted by Gasteiger charge is -2.10. The first-order chi connectivity index (χ1) is 16.4. The van der Waals surface area contributed by atoms with E-state index in [2.05, 4.69) is 15.5 Å². The molecule has 0 saturated carbocycles. The summed E-state index contributed by atoms with van der Waals surface area (Å²) in [6.07, 6.45) is 1.60. The summed E-state index contributed by atoms with van der Waals surface area (Å²) >= 11 is 19.5. The summed E-state index contributed by atoms with van der Waals surface area (Å²) in [5.41, 5.74) is 5.46. The van der Waals surface area contributed by atoms with Gasteiger partial charge in [0.1, 0.15) is 0 Å². The molecule has 172 valence electrons. The summed E-state index contributed by atoms with van der Waals surface area (Å²) in [6.45, 7) is 0. The SMILES string of the molecule is COc1cc(C=NNc2nc(-c3ccc(Cl)cc3Cl)cs2)ccc1OC(=O)c1cccc(Cl)c1. The smallest absolute Gasteiger partial charge is 0.343 e. The van der Waals surface area contributed by atoms with E-state index in [-0.39, 0.29) is 5.75 Å². The fraction of sp³-hybridized carbons (Fsp3) is 0.0417. The molecular weight excluding hydrogens is 517 g/mol. The number of benzene rings is 3. The molecule has 0 aliphatic carbocycles. The number of ether oxygens (including phenoxy) is 2. The van der Waals surface area contributed by atoms with Crippen LogP contribution < -0.4 is 14.9 Å². The van der Waals surface area contributed by atoms with Crippen LogP contribution in [0.15, 0.2) is 71.1 Å². The Morgan fingerprint density at radius 3 is 2.62 bits per heavy atom. The number of methoxy groups -OCH3 is 1. The van der Waals surface area contributed by atoms with Gasteiger partial charge in [-0.1, -0.05) is 40.9 Å². The topological polar surface area (TPSA) is 72.8 Å². The second-order valence-electron chi connectivity index (χ2n) is 6.84. The Morgan fingerprint density at radius 1 is 1.03 bits per heavy atom. The van der Waals surface area contributed by atoms with Crippen molar-refractivity contribution in [3.63, 3.8) is 0 Å². The number of hydrazone groups is 1. The number of halogens is 3. The number of rotatable bonds is 7. The van der Waals surface area contributed by atoms with E-state index in [1.807, 2.05) is 11.4 Å². The van der Waals surface area contributed by atoms with Gasteiger partial charge in [-0.25, -0.2) is 9.78 Å². The molecule has 4 rings (SSSR count). The number of esters is 1. The van der Waals surface area contributed by atoms with Gasteiger partial charge < -0.3 is 9.47 Å². The number of thiazole rings is 1. The zero-order chi connectivity index (χ0) is 24.1. The Labute approximate surface area is 214 Å². The third-order valence-corrected chi connectivity index (χ3v) is 6.07. The molecule has 0 atom stereocenters. The Morgan fingerprint density at radius 2 is 1.85 bits per heavy atom. The van der Waals surface area contributed by atoms with Crippen LogP contribution in [0.2, 0.25) is 15.1 Å². The lowest BCUT2D eigenvalue weighted by molar-refractivity contribution is 0.0729. The maximum atomic E-state index is 12.4. The molecule has 0 spiro atoms. The van der Waals surface area contributed by atoms with Crippen molar-refractivity contribution in [3.8, 4) is 22.8 Å². The second kappa shape index (κ2) is 10.9. The van der Waals surface area contributed by atoms with E-state index in [0.29, 0.717) is 31.5 Å². The highest BCUT2D eigenvalue weighted by molar-refractivity contribution is 7.14. The molecule has 0 aliphatic rings. The van der Waals surface area contributed by atoms with Gasteiger partial charge in [-0.05, 0) is 60.2 Å². The van der Waals surface area contributed by atoms with E-state index in [0.717, 1.165) is 16.8 Å². The lowest BCUT2D eigenvalue weighted by Crippen LogP contribution is -2.09. The van der Waals surface area contributed by atoms with Gasteiger partial charge in [0.05, 0.1) is 29.6 Å². The van der Waals surface area contributed by atoms with Crippen molar-refractivity contribution in [1.82, 2.24) is 4.98 Å². The Bertz CT molecular complexity index is 1370. The van der Waals surface area contributed by atoms with E-state index < -0.39 is 5.97 Å². The van der Waals surface area contributed by atoms with E-state index in [4.69, 9.17) is 44.3 Å². The van der Waals surface area contributed by atoms with Crippen LogP contribution in [0.1, 0.15) is 15.9 Å². The van der Waals surface area contributed by atoms with Crippen molar-refractivity contribution in [2.45, 2.75) is 0 Å². The predicted octanol–water partition coefficient (Wildman–Crippen LogP) is 7.44. The van der Waals surface area contributed by atoms with Crippen LogP contribution in [0.3, 0.4) is 0 Å². The van der Waals surface area contributed by atoms with Crippen LogP contribution in [0, 0.1) is 0 Å². The fourth-order valence-corrected chi connectivity index (χ4v) is 4.29. The third kappa shape index (κ3) is 5.87. The van der Waals surface area contributed by atoms with Crippen molar-refractivity contribution < 1.29 is 14.3 Å². The van der Waals surface area contributed by atoms with Crippen molar-refractivity contribution in [2.75, 3.05) is 12.5 Å². The molecule has 10 heteroatoms. The van der Waals surface area contributed by atoms with Crippen molar-refractivity contribution in [2.24, 2.45) is 5.10 Å². The van der Waals surface area contributed by atoms with Gasteiger partial charge in [0.2, 0.25) is 5.13 Å². The number of hydrogen-bond donors (Lipinski definition) is 1. The zero-order valence-electron chi connectivity index (χ0n) is 17.6. The average Bonchev–Trinajstić information content (AvgIpc) is 3.28. The number of aromatic nitrogens is 1. The molecule has 0 amide bonds. The second-order valence-corrected chi connectivity index (χ2v) is 8.98. The molecule has 0 radical (unpaired) electrons. The van der Waals surface area contributed by atoms with Crippen LogP contribution in [0.5, 0.6) is 11.5 Å². The molecule has 0 saturated heterocycles. The summed E-state index contributed by atoms with van der Waals surface area (Å²) < 4.78 is 10.8. The van der Waals surface area contributed by atoms with Gasteiger partial charge in [-0.3, -0.25) is 5.43 Å². The normalized spacial score (nSPS) is 10.9.